The first-order valence-corrected chi connectivity index (χ1v) is 25.1. The molecule has 0 saturated carbocycles. The highest BCUT2D eigenvalue weighted by Crippen LogP contribution is 2.14. The number of ether oxygens (including phenoxy) is 2. The number of allylic oxidation sites excluding steroid dienone is 20. The molecule has 0 aliphatic heterocycles. The van der Waals surface area contributed by atoms with Crippen molar-refractivity contribution in [3.8, 4) is 0 Å². The predicted octanol–water partition coefficient (Wildman–Crippen LogP) is 17.2. The molecule has 0 aliphatic carbocycles. The Morgan fingerprint density at radius 1 is 0.393 bits per heavy atom. The molecule has 0 amide bonds. The van der Waals surface area contributed by atoms with E-state index in [9.17, 15) is 9.90 Å². The van der Waals surface area contributed by atoms with Crippen LogP contribution in [0.25, 0.3) is 0 Å². The maximum atomic E-state index is 12.3. The monoisotopic (exact) mass is 843 g/mol. The lowest BCUT2D eigenvalue weighted by molar-refractivity contribution is -0.154. The minimum absolute atomic E-state index is 0.188. The Hall–Kier alpha value is -3.21. The summed E-state index contributed by atoms with van der Waals surface area (Å²) >= 11 is 0. The number of unbranched alkanes of at least 4 members (excludes halogenated alkanes) is 17. The first-order valence-electron chi connectivity index (χ1n) is 25.1. The fraction of sp³-hybridized carbons (Fsp3) is 0.632. The van der Waals surface area contributed by atoms with Gasteiger partial charge in [-0.05, 0) is 103 Å². The summed E-state index contributed by atoms with van der Waals surface area (Å²) in [6.45, 7) is 5.07. The van der Waals surface area contributed by atoms with Crippen molar-refractivity contribution in [2.45, 2.75) is 213 Å². The molecule has 0 aromatic carbocycles. The predicted molar refractivity (Wildman–Crippen MR) is 269 cm³/mol. The second kappa shape index (κ2) is 52.9. The first kappa shape index (κ1) is 57.8. The van der Waals surface area contributed by atoms with Crippen molar-refractivity contribution >= 4 is 5.97 Å². The summed E-state index contributed by atoms with van der Waals surface area (Å²) in [6, 6.07) is 0. The number of hydrogen-bond donors (Lipinski definition) is 1. The van der Waals surface area contributed by atoms with Gasteiger partial charge in [0, 0.05) is 13.0 Å². The van der Waals surface area contributed by atoms with Crippen molar-refractivity contribution in [1.82, 2.24) is 0 Å². The van der Waals surface area contributed by atoms with E-state index in [-0.39, 0.29) is 19.2 Å². The topological polar surface area (TPSA) is 55.8 Å². The summed E-state index contributed by atoms with van der Waals surface area (Å²) in [6.07, 6.45) is 78.5. The number of hydrogen-bond acceptors (Lipinski definition) is 4. The molecule has 0 heterocycles. The molecule has 0 rings (SSSR count). The third-order valence-corrected chi connectivity index (χ3v) is 10.3. The van der Waals surface area contributed by atoms with Gasteiger partial charge in [0.2, 0.25) is 0 Å². The SMILES string of the molecule is CC/C=C\C/C=C\C/C=C\C/C=C\C/C=C\C/C=C\CCCCCCCOCC(CO)OC(=O)CCCCCCCCCCCCCC/C=C\C/C=C\C/C=C\C/C=C\CC. The van der Waals surface area contributed by atoms with Gasteiger partial charge in [0.25, 0.3) is 0 Å². The fourth-order valence-electron chi connectivity index (χ4n) is 6.62. The van der Waals surface area contributed by atoms with Crippen LogP contribution in [0.4, 0.5) is 0 Å². The molecule has 346 valence electrons. The number of rotatable bonds is 45. The highest BCUT2D eigenvalue weighted by atomic mass is 16.6. The molecule has 0 saturated heterocycles. The third kappa shape index (κ3) is 51.0. The van der Waals surface area contributed by atoms with E-state index in [1.807, 2.05) is 0 Å². The van der Waals surface area contributed by atoms with Gasteiger partial charge in [-0.25, -0.2) is 0 Å². The molecule has 0 bridgehead atoms. The van der Waals surface area contributed by atoms with Gasteiger partial charge in [0.05, 0.1) is 13.2 Å². The van der Waals surface area contributed by atoms with E-state index in [0.29, 0.717) is 13.0 Å². The molecule has 4 heteroatoms. The Morgan fingerprint density at radius 2 is 0.689 bits per heavy atom. The van der Waals surface area contributed by atoms with Crippen molar-refractivity contribution in [3.05, 3.63) is 122 Å². The van der Waals surface area contributed by atoms with Gasteiger partial charge in [-0.3, -0.25) is 4.79 Å². The van der Waals surface area contributed by atoms with Crippen LogP contribution in [0.2, 0.25) is 0 Å². The van der Waals surface area contributed by atoms with Crippen LogP contribution >= 0.6 is 0 Å². The van der Waals surface area contributed by atoms with E-state index >= 15 is 0 Å². The molecule has 4 nitrogen and oxygen atoms in total. The van der Waals surface area contributed by atoms with Gasteiger partial charge >= 0.3 is 5.97 Å². The Labute approximate surface area is 377 Å². The molecule has 61 heavy (non-hydrogen) atoms. The van der Waals surface area contributed by atoms with E-state index in [1.54, 1.807) is 0 Å². The largest absolute Gasteiger partial charge is 0.457 e. The van der Waals surface area contributed by atoms with Crippen molar-refractivity contribution in [2.75, 3.05) is 19.8 Å². The summed E-state index contributed by atoms with van der Waals surface area (Å²) in [5.41, 5.74) is 0. The van der Waals surface area contributed by atoms with Gasteiger partial charge in [0.1, 0.15) is 6.10 Å². The van der Waals surface area contributed by atoms with Crippen LogP contribution in [0.1, 0.15) is 206 Å². The minimum atomic E-state index is -0.556. The molecule has 1 atom stereocenters. The van der Waals surface area contributed by atoms with Gasteiger partial charge < -0.3 is 14.6 Å². The smallest absolute Gasteiger partial charge is 0.306 e. The quantitative estimate of drug-likeness (QED) is 0.0377. The summed E-state index contributed by atoms with van der Waals surface area (Å²) in [7, 11) is 0. The highest BCUT2D eigenvalue weighted by molar-refractivity contribution is 5.69. The molecule has 1 unspecified atom stereocenters. The lowest BCUT2D eigenvalue weighted by atomic mass is 10.0. The van der Waals surface area contributed by atoms with E-state index in [0.717, 1.165) is 96.3 Å². The Balaban J connectivity index is 3.51. The number of aliphatic hydroxyl groups is 1. The van der Waals surface area contributed by atoms with Gasteiger partial charge in [-0.15, -0.1) is 0 Å². The van der Waals surface area contributed by atoms with Crippen molar-refractivity contribution in [3.63, 3.8) is 0 Å². The molecular weight excluding hydrogens is 749 g/mol. The molecule has 0 aromatic rings. The average molecular weight is 843 g/mol. The van der Waals surface area contributed by atoms with Gasteiger partial charge in [0.15, 0.2) is 0 Å². The first-order chi connectivity index (χ1) is 30.2. The fourth-order valence-corrected chi connectivity index (χ4v) is 6.62. The zero-order valence-electron chi connectivity index (χ0n) is 39.6. The highest BCUT2D eigenvalue weighted by Gasteiger charge is 2.13. The molecule has 0 spiro atoms. The van der Waals surface area contributed by atoms with Gasteiger partial charge in [-0.1, -0.05) is 219 Å². The molecule has 0 fully saturated rings. The summed E-state index contributed by atoms with van der Waals surface area (Å²) < 4.78 is 11.2. The molecular formula is C57H94O4. The van der Waals surface area contributed by atoms with Crippen LogP contribution in [0.5, 0.6) is 0 Å². The Bertz CT molecular complexity index is 1210. The van der Waals surface area contributed by atoms with Crippen molar-refractivity contribution < 1.29 is 19.4 Å². The maximum Gasteiger partial charge on any atom is 0.306 e. The number of carbonyl (C=O) groups excluding carboxylic acids is 1. The Morgan fingerprint density at radius 3 is 1.03 bits per heavy atom. The molecule has 0 aromatic heterocycles. The van der Waals surface area contributed by atoms with Crippen molar-refractivity contribution in [1.29, 1.82) is 0 Å². The van der Waals surface area contributed by atoms with Crippen LogP contribution in [0.15, 0.2) is 122 Å². The summed E-state index contributed by atoms with van der Waals surface area (Å²) in [5.74, 6) is -0.215. The number of carbonyl (C=O) groups is 1. The zero-order valence-corrected chi connectivity index (χ0v) is 39.6. The van der Waals surface area contributed by atoms with Crippen LogP contribution in [-0.4, -0.2) is 37.0 Å². The molecule has 0 aliphatic rings. The lowest BCUT2D eigenvalue weighted by Crippen LogP contribution is -2.27. The standard InChI is InChI=1S/C57H94O4/c1-3-5-7-9-11-13-15-17-19-21-23-25-27-29-30-32-34-36-38-40-42-44-46-48-50-52-57(59)61-56(54-58)55-60-53-51-49-47-45-43-41-39-37-35-33-31-28-26-24-22-20-18-16-14-12-10-8-6-4-2/h5-8,11-14,17-20,23-26,31,33,37,39,56,58H,3-4,9-10,15-16,21-22,27-30,32,34-36,38,40-55H2,1-2H3/b7-5-,8-6-,13-11-,14-12-,19-17-,20-18-,25-23-,26-24-,33-31-,39-37-. The van der Waals surface area contributed by atoms with Crippen molar-refractivity contribution in [2.24, 2.45) is 0 Å². The van der Waals surface area contributed by atoms with Crippen LogP contribution in [0.3, 0.4) is 0 Å². The van der Waals surface area contributed by atoms with E-state index in [4.69, 9.17) is 9.47 Å². The second-order valence-corrected chi connectivity index (χ2v) is 16.1. The van der Waals surface area contributed by atoms with E-state index in [1.165, 1.54) is 89.9 Å². The maximum absolute atomic E-state index is 12.3. The van der Waals surface area contributed by atoms with E-state index < -0.39 is 6.10 Å². The van der Waals surface area contributed by atoms with Crippen LogP contribution < -0.4 is 0 Å². The van der Waals surface area contributed by atoms with E-state index in [2.05, 4.69) is 135 Å². The normalized spacial score (nSPS) is 13.4. The molecule has 0 radical (unpaired) electrons. The second-order valence-electron chi connectivity index (χ2n) is 16.1. The zero-order chi connectivity index (χ0) is 44.0. The third-order valence-electron chi connectivity index (χ3n) is 10.3. The number of aliphatic hydroxyl groups excluding tert-OH is 1. The average Bonchev–Trinajstić information content (AvgIpc) is 3.27. The minimum Gasteiger partial charge on any atom is -0.457 e. The summed E-state index contributed by atoms with van der Waals surface area (Å²) in [5, 5.41) is 9.65. The lowest BCUT2D eigenvalue weighted by Gasteiger charge is -2.15. The van der Waals surface area contributed by atoms with Crippen LogP contribution in [0, 0.1) is 0 Å². The van der Waals surface area contributed by atoms with Crippen LogP contribution in [-0.2, 0) is 14.3 Å². The van der Waals surface area contributed by atoms with Gasteiger partial charge in [-0.2, -0.15) is 0 Å². The molecule has 1 N–H and O–H groups in total. The Kier molecular flexibility index (Phi) is 50.1. The summed E-state index contributed by atoms with van der Waals surface area (Å²) in [4.78, 5) is 12.3. The number of esters is 1.